The van der Waals surface area contributed by atoms with Gasteiger partial charge in [-0.3, -0.25) is 4.79 Å². The zero-order valence-electron chi connectivity index (χ0n) is 11.8. The summed E-state index contributed by atoms with van der Waals surface area (Å²) >= 11 is 1.72. The third-order valence-corrected chi connectivity index (χ3v) is 4.03. The highest BCUT2D eigenvalue weighted by Gasteiger charge is 2.04. The molecule has 0 aliphatic heterocycles. The first-order valence-corrected chi connectivity index (χ1v) is 7.82. The lowest BCUT2D eigenvalue weighted by molar-refractivity contribution is -0.116. The number of pyridine rings is 1. The van der Waals surface area contributed by atoms with Crippen LogP contribution in [0.3, 0.4) is 0 Å². The summed E-state index contributed by atoms with van der Waals surface area (Å²) in [7, 11) is 0. The topological polar surface area (TPSA) is 72.7 Å². The Labute approximate surface area is 131 Å². The molecule has 0 aliphatic rings. The van der Waals surface area contributed by atoms with E-state index in [0.29, 0.717) is 17.9 Å². The highest BCUT2D eigenvalue weighted by molar-refractivity contribution is 7.09. The standard InChI is InChI=1S/C15H15N5OS/c21-15(5-1-3-13-4-2-8-22-13)19-12-6-7-14(17-9-12)20-11-16-10-18-20/h2,4,6-11H,1,3,5H2,(H,19,21). The van der Waals surface area contributed by atoms with Gasteiger partial charge in [-0.2, -0.15) is 5.10 Å². The molecule has 6 nitrogen and oxygen atoms in total. The zero-order valence-corrected chi connectivity index (χ0v) is 12.7. The predicted octanol–water partition coefficient (Wildman–Crippen LogP) is 2.69. The third-order valence-electron chi connectivity index (χ3n) is 3.09. The van der Waals surface area contributed by atoms with Crippen molar-refractivity contribution in [1.29, 1.82) is 0 Å². The number of thiophene rings is 1. The highest BCUT2D eigenvalue weighted by Crippen LogP contribution is 2.13. The van der Waals surface area contributed by atoms with E-state index in [-0.39, 0.29) is 5.91 Å². The minimum absolute atomic E-state index is 0.00635. The smallest absolute Gasteiger partial charge is 0.224 e. The molecule has 0 saturated carbocycles. The van der Waals surface area contributed by atoms with E-state index in [1.165, 1.54) is 11.2 Å². The summed E-state index contributed by atoms with van der Waals surface area (Å²) in [4.78, 5) is 21.3. The van der Waals surface area contributed by atoms with E-state index >= 15 is 0 Å². The van der Waals surface area contributed by atoms with Gasteiger partial charge in [0.25, 0.3) is 0 Å². The van der Waals surface area contributed by atoms with Crippen molar-refractivity contribution < 1.29 is 4.79 Å². The van der Waals surface area contributed by atoms with E-state index in [2.05, 4.69) is 31.8 Å². The summed E-state index contributed by atoms with van der Waals surface area (Å²) in [6.45, 7) is 0. The number of hydrogen-bond donors (Lipinski definition) is 1. The van der Waals surface area contributed by atoms with Crippen LogP contribution in [-0.2, 0) is 11.2 Å². The highest BCUT2D eigenvalue weighted by atomic mass is 32.1. The van der Waals surface area contributed by atoms with Crippen LogP contribution in [0.2, 0.25) is 0 Å². The maximum atomic E-state index is 11.9. The maximum absolute atomic E-state index is 11.9. The molecule has 3 aromatic rings. The predicted molar refractivity (Wildman–Crippen MR) is 85.0 cm³/mol. The molecule has 0 unspecified atom stereocenters. The van der Waals surface area contributed by atoms with Crippen LogP contribution in [0.25, 0.3) is 5.82 Å². The number of nitrogens with zero attached hydrogens (tertiary/aromatic N) is 4. The summed E-state index contributed by atoms with van der Waals surface area (Å²) in [6.07, 6.45) is 6.93. The van der Waals surface area contributed by atoms with Crippen molar-refractivity contribution in [2.24, 2.45) is 0 Å². The van der Waals surface area contributed by atoms with Crippen LogP contribution >= 0.6 is 11.3 Å². The van der Waals surface area contributed by atoms with E-state index in [0.717, 1.165) is 12.8 Å². The number of aryl methyl sites for hydroxylation is 1. The minimum Gasteiger partial charge on any atom is -0.325 e. The first-order valence-electron chi connectivity index (χ1n) is 6.94. The second kappa shape index (κ2) is 6.95. The van der Waals surface area contributed by atoms with Gasteiger partial charge < -0.3 is 5.32 Å². The lowest BCUT2D eigenvalue weighted by Crippen LogP contribution is -2.12. The summed E-state index contributed by atoms with van der Waals surface area (Å²) in [5, 5.41) is 8.90. The molecule has 22 heavy (non-hydrogen) atoms. The first kappa shape index (κ1) is 14.4. The summed E-state index contributed by atoms with van der Waals surface area (Å²) < 4.78 is 1.56. The van der Waals surface area contributed by atoms with Gasteiger partial charge in [-0.05, 0) is 36.4 Å². The van der Waals surface area contributed by atoms with Gasteiger partial charge in [0.1, 0.15) is 12.7 Å². The van der Waals surface area contributed by atoms with Crippen LogP contribution in [0, 0.1) is 0 Å². The third kappa shape index (κ3) is 3.76. The molecule has 0 saturated heterocycles. The zero-order chi connectivity index (χ0) is 15.2. The van der Waals surface area contributed by atoms with Crippen molar-refractivity contribution in [3.8, 4) is 5.82 Å². The largest absolute Gasteiger partial charge is 0.325 e. The van der Waals surface area contributed by atoms with Crippen LogP contribution < -0.4 is 5.32 Å². The van der Waals surface area contributed by atoms with Gasteiger partial charge in [0.15, 0.2) is 5.82 Å². The summed E-state index contributed by atoms with van der Waals surface area (Å²) in [5.74, 6) is 0.667. The quantitative estimate of drug-likeness (QED) is 0.759. The Hall–Kier alpha value is -2.54. The van der Waals surface area contributed by atoms with Gasteiger partial charge in [0.2, 0.25) is 5.91 Å². The van der Waals surface area contributed by atoms with Crippen LogP contribution in [0.15, 0.2) is 48.5 Å². The number of nitrogens with one attached hydrogen (secondary N) is 1. The SMILES string of the molecule is O=C(CCCc1cccs1)Nc1ccc(-n2cncn2)nc1. The molecule has 112 valence electrons. The molecule has 3 rings (SSSR count). The Morgan fingerprint density at radius 1 is 1.32 bits per heavy atom. The molecule has 0 bridgehead atoms. The molecule has 0 radical (unpaired) electrons. The molecule has 0 spiro atoms. The van der Waals surface area contributed by atoms with Crippen LogP contribution in [-0.4, -0.2) is 25.7 Å². The van der Waals surface area contributed by atoms with Crippen molar-refractivity contribution in [3.63, 3.8) is 0 Å². The Bertz CT molecular complexity index is 707. The average molecular weight is 313 g/mol. The van der Waals surface area contributed by atoms with Crippen LogP contribution in [0.1, 0.15) is 17.7 Å². The number of carbonyl (C=O) groups excluding carboxylic acids is 1. The van der Waals surface area contributed by atoms with Crippen molar-refractivity contribution in [2.45, 2.75) is 19.3 Å². The molecule has 0 aromatic carbocycles. The van der Waals surface area contributed by atoms with Gasteiger partial charge in [0.05, 0.1) is 11.9 Å². The lowest BCUT2D eigenvalue weighted by Gasteiger charge is -2.05. The molecule has 0 fully saturated rings. The second-order valence-corrected chi connectivity index (χ2v) is 5.76. The van der Waals surface area contributed by atoms with Gasteiger partial charge in [-0.25, -0.2) is 14.6 Å². The molecule has 0 aliphatic carbocycles. The van der Waals surface area contributed by atoms with Crippen molar-refractivity contribution in [1.82, 2.24) is 19.7 Å². The monoisotopic (exact) mass is 313 g/mol. The fraction of sp³-hybridized carbons (Fsp3) is 0.200. The number of carbonyl (C=O) groups is 1. The van der Waals surface area contributed by atoms with E-state index in [9.17, 15) is 4.79 Å². The van der Waals surface area contributed by atoms with Gasteiger partial charge in [-0.1, -0.05) is 6.07 Å². The minimum atomic E-state index is 0.00635. The second-order valence-electron chi connectivity index (χ2n) is 4.73. The number of anilines is 1. The Morgan fingerprint density at radius 2 is 2.27 bits per heavy atom. The van der Waals surface area contributed by atoms with Crippen molar-refractivity contribution in [3.05, 3.63) is 53.4 Å². The fourth-order valence-electron chi connectivity index (χ4n) is 2.02. The molecule has 3 aromatic heterocycles. The maximum Gasteiger partial charge on any atom is 0.224 e. The van der Waals surface area contributed by atoms with Gasteiger partial charge in [-0.15, -0.1) is 11.3 Å². The van der Waals surface area contributed by atoms with Crippen LogP contribution in [0.4, 0.5) is 5.69 Å². The average Bonchev–Trinajstić information content (AvgIpc) is 3.21. The lowest BCUT2D eigenvalue weighted by atomic mass is 10.2. The number of aromatic nitrogens is 4. The number of amides is 1. The van der Waals surface area contributed by atoms with E-state index in [1.807, 2.05) is 6.07 Å². The van der Waals surface area contributed by atoms with Gasteiger partial charge in [0, 0.05) is 11.3 Å². The Kier molecular flexibility index (Phi) is 4.55. The normalized spacial score (nSPS) is 10.5. The number of hydrogen-bond acceptors (Lipinski definition) is 5. The Balaban J connectivity index is 1.49. The summed E-state index contributed by atoms with van der Waals surface area (Å²) in [5.41, 5.74) is 0.685. The molecular weight excluding hydrogens is 298 g/mol. The fourth-order valence-corrected chi connectivity index (χ4v) is 2.77. The van der Waals surface area contributed by atoms with Crippen molar-refractivity contribution >= 4 is 22.9 Å². The summed E-state index contributed by atoms with van der Waals surface area (Å²) in [6, 6.07) is 7.72. The molecule has 3 heterocycles. The Morgan fingerprint density at radius 3 is 2.95 bits per heavy atom. The van der Waals surface area contributed by atoms with Crippen molar-refractivity contribution in [2.75, 3.05) is 5.32 Å². The number of rotatable bonds is 6. The van der Waals surface area contributed by atoms with E-state index in [1.54, 1.807) is 40.7 Å². The molecule has 7 heteroatoms. The molecule has 1 amide bonds. The van der Waals surface area contributed by atoms with E-state index in [4.69, 9.17) is 0 Å². The molecular formula is C15H15N5OS. The molecule has 0 atom stereocenters. The van der Waals surface area contributed by atoms with Crippen LogP contribution in [0.5, 0.6) is 0 Å². The molecule has 1 N–H and O–H groups in total. The van der Waals surface area contributed by atoms with E-state index < -0.39 is 0 Å². The first-order chi connectivity index (χ1) is 10.8. The van der Waals surface area contributed by atoms with Gasteiger partial charge >= 0.3 is 0 Å².